The Balaban J connectivity index is 1.25. The van der Waals surface area contributed by atoms with Crippen molar-refractivity contribution in [1.82, 2.24) is 15.1 Å². The van der Waals surface area contributed by atoms with Gasteiger partial charge in [-0.15, -0.1) is 11.8 Å². The highest BCUT2D eigenvalue weighted by molar-refractivity contribution is 7.99. The third-order valence-corrected chi connectivity index (χ3v) is 14.2. The first-order valence-corrected chi connectivity index (χ1v) is 20.7. The average molecular weight is 829 g/mol. The Kier molecular flexibility index (Phi) is 9.17. The van der Waals surface area contributed by atoms with Crippen LogP contribution in [0.25, 0.3) is 0 Å². The van der Waals surface area contributed by atoms with Crippen molar-refractivity contribution < 1.29 is 53.0 Å². The van der Waals surface area contributed by atoms with Crippen LogP contribution in [0.5, 0.6) is 40.2 Å². The molecule has 15 nitrogen and oxygen atoms in total. The first-order valence-electron chi connectivity index (χ1n) is 19.7. The summed E-state index contributed by atoms with van der Waals surface area (Å²) in [6.45, 7) is 9.36. The number of phenolic OH excluding ortho intramolecular Hbond substituents is 2. The topological polar surface area (TPSA) is 182 Å². The van der Waals surface area contributed by atoms with E-state index in [-0.39, 0.29) is 48.6 Å². The number of nitrogens with one attached hydrogen (secondary N) is 1. The lowest BCUT2D eigenvalue weighted by molar-refractivity contribution is -0.158. The molecule has 0 radical (unpaired) electrons. The summed E-state index contributed by atoms with van der Waals surface area (Å²) in [5.74, 6) is 1.25. The molecule has 0 aromatic heterocycles. The third kappa shape index (κ3) is 5.72. The fraction of sp³-hybridized carbons (Fsp3) is 0.512. The number of ether oxygens (including phenoxy) is 7. The molecule has 312 valence electrons. The lowest BCUT2D eigenvalue weighted by Gasteiger charge is -2.60. The molecule has 1 spiro atoms. The zero-order chi connectivity index (χ0) is 41.9. The lowest BCUT2D eigenvalue weighted by Crippen LogP contribution is -2.69. The first-order chi connectivity index (χ1) is 28.1. The second kappa shape index (κ2) is 13.7. The van der Waals surface area contributed by atoms with E-state index in [0.717, 1.165) is 16.7 Å². The van der Waals surface area contributed by atoms with Crippen molar-refractivity contribution in [1.29, 1.82) is 5.26 Å². The van der Waals surface area contributed by atoms with Gasteiger partial charge in [-0.1, -0.05) is 6.07 Å². The number of methoxy groups -OCH3 is 2. The number of nitriles is 1. The van der Waals surface area contributed by atoms with Gasteiger partial charge >= 0.3 is 12.1 Å². The first kappa shape index (κ1) is 39.4. The number of aryl methyl sites for hydroxylation is 1. The number of phenols is 2. The summed E-state index contributed by atoms with van der Waals surface area (Å²) in [4.78, 5) is 32.1. The van der Waals surface area contributed by atoms with Crippen LogP contribution in [-0.4, -0.2) is 103 Å². The van der Waals surface area contributed by atoms with Crippen molar-refractivity contribution in [2.24, 2.45) is 0 Å². The molecule has 2 saturated heterocycles. The Morgan fingerprint density at radius 2 is 1.78 bits per heavy atom. The van der Waals surface area contributed by atoms with Gasteiger partial charge in [0.15, 0.2) is 40.0 Å². The van der Waals surface area contributed by atoms with Gasteiger partial charge in [0.05, 0.1) is 37.6 Å². The molecule has 59 heavy (non-hydrogen) atoms. The molecule has 8 aliphatic heterocycles. The van der Waals surface area contributed by atoms with Gasteiger partial charge in [-0.25, -0.2) is 9.59 Å². The maximum Gasteiger partial charge on any atom is 0.514 e. The lowest BCUT2D eigenvalue weighted by atomic mass is 9.76. The van der Waals surface area contributed by atoms with Crippen LogP contribution in [-0.2, 0) is 32.6 Å². The number of aromatic hydroxyl groups is 2. The Morgan fingerprint density at radius 1 is 1.02 bits per heavy atom. The van der Waals surface area contributed by atoms with E-state index in [4.69, 9.17) is 33.2 Å². The van der Waals surface area contributed by atoms with E-state index in [1.165, 1.54) is 26.0 Å². The zero-order valence-corrected chi connectivity index (χ0v) is 35.1. The van der Waals surface area contributed by atoms with Crippen LogP contribution < -0.4 is 29.0 Å². The Bertz CT molecular complexity index is 2360. The van der Waals surface area contributed by atoms with E-state index < -0.39 is 52.2 Å². The van der Waals surface area contributed by atoms with E-state index in [1.54, 1.807) is 39.8 Å². The molecule has 8 aliphatic rings. The highest BCUT2D eigenvalue weighted by Crippen LogP contribution is 2.65. The standard InChI is InChI=1S/C43H48N4O11S/c1-20-11-23-14-42(16-44)17-46(6)31(28(23)34(49)35(20)53-8)32-38-30-29(37-36(55-19-56-37)21(2)33(30)48)25(47(32)42)15-54-39(50)43(18-59-38)24-13-26(52-7)27(12-22(24)9-10-45-43)57-40(51)58-41(3,4)5/h11-13,25,31-32,38,45,48-49H,9-10,14-15,17-19H2,1-8H3/t25?,31-,32?,38-,42+,43-/m1/s1. The Morgan fingerprint density at radius 3 is 2.49 bits per heavy atom. The number of hydrogen-bond acceptors (Lipinski definition) is 16. The fourth-order valence-electron chi connectivity index (χ4n) is 10.5. The molecule has 3 unspecified atom stereocenters. The summed E-state index contributed by atoms with van der Waals surface area (Å²) in [5.41, 5.74) is 1.97. The van der Waals surface area contributed by atoms with E-state index in [2.05, 4.69) is 21.2 Å². The minimum Gasteiger partial charge on any atom is -0.507 e. The number of hydrogen-bond donors (Lipinski definition) is 3. The maximum atomic E-state index is 15.0. The number of benzene rings is 3. The quantitative estimate of drug-likeness (QED) is 0.226. The van der Waals surface area contributed by atoms with Crippen molar-refractivity contribution in [2.45, 2.75) is 87.5 Å². The number of fused-ring (bicyclic) bond motifs is 6. The van der Waals surface area contributed by atoms with Crippen LogP contribution >= 0.6 is 11.8 Å². The number of piperazine rings is 1. The fourth-order valence-corrected chi connectivity index (χ4v) is 12.1. The summed E-state index contributed by atoms with van der Waals surface area (Å²) in [7, 11) is 4.95. The molecular weight excluding hydrogens is 781 g/mol. The van der Waals surface area contributed by atoms with Crippen molar-refractivity contribution in [3.63, 3.8) is 0 Å². The summed E-state index contributed by atoms with van der Waals surface area (Å²) >= 11 is 1.46. The molecule has 2 fully saturated rings. The van der Waals surface area contributed by atoms with Gasteiger partial charge in [0.2, 0.25) is 6.79 Å². The Labute approximate surface area is 346 Å². The maximum absolute atomic E-state index is 15.0. The van der Waals surface area contributed by atoms with E-state index in [1.807, 2.05) is 20.0 Å². The van der Waals surface area contributed by atoms with Crippen LogP contribution in [0.1, 0.15) is 82.6 Å². The van der Waals surface area contributed by atoms with Gasteiger partial charge in [0.1, 0.15) is 23.5 Å². The smallest absolute Gasteiger partial charge is 0.507 e. The molecule has 4 bridgehead atoms. The summed E-state index contributed by atoms with van der Waals surface area (Å²) in [5, 5.41) is 38.8. The molecular formula is C43H48N4O11S. The van der Waals surface area contributed by atoms with Gasteiger partial charge in [-0.2, -0.15) is 5.26 Å². The predicted molar refractivity (Wildman–Crippen MR) is 214 cm³/mol. The molecule has 3 aromatic carbocycles. The summed E-state index contributed by atoms with van der Waals surface area (Å²) in [6.07, 6.45) is -0.107. The number of carbonyl (C=O) groups excluding carboxylic acids is 2. The largest absolute Gasteiger partial charge is 0.514 e. The van der Waals surface area contributed by atoms with E-state index in [0.29, 0.717) is 64.6 Å². The van der Waals surface area contributed by atoms with Gasteiger partial charge in [0.25, 0.3) is 0 Å². The average Bonchev–Trinajstić information content (AvgIpc) is 3.59. The van der Waals surface area contributed by atoms with E-state index >= 15 is 0 Å². The SMILES string of the molecule is COc1cc2c(cc1OC(=O)OC(C)(C)C)CCN[C@]21CS[C@@H]2c3c(O)c(C)c4c(c3C(COC1=O)N1C2[C@H]2c3c(cc(C)c(OC)c3O)C[C@]1(C#N)CN2C)OCO4. The second-order valence-corrected chi connectivity index (χ2v) is 18.4. The molecule has 3 aromatic rings. The van der Waals surface area contributed by atoms with Gasteiger partial charge < -0.3 is 43.4 Å². The second-order valence-electron chi connectivity index (χ2n) is 17.2. The molecule has 3 N–H and O–H groups in total. The number of likely N-dealkylation sites (N-methyl/N-ethyl adjacent to an activating group) is 1. The third-order valence-electron chi connectivity index (χ3n) is 12.7. The van der Waals surface area contributed by atoms with Crippen LogP contribution in [0.15, 0.2) is 18.2 Å². The number of carbonyl (C=O) groups is 2. The van der Waals surface area contributed by atoms with Crippen LogP contribution in [0.2, 0.25) is 0 Å². The Hall–Kier alpha value is -5.08. The van der Waals surface area contributed by atoms with Crippen molar-refractivity contribution in [2.75, 3.05) is 53.5 Å². The number of esters is 1. The molecule has 11 rings (SSSR count). The molecule has 0 saturated carbocycles. The predicted octanol–water partition coefficient (Wildman–Crippen LogP) is 5.38. The highest BCUT2D eigenvalue weighted by atomic mass is 32.2. The highest BCUT2D eigenvalue weighted by Gasteiger charge is 2.64. The zero-order valence-electron chi connectivity index (χ0n) is 34.3. The monoisotopic (exact) mass is 828 g/mol. The normalized spacial score (nSPS) is 28.9. The molecule has 8 heterocycles. The van der Waals surface area contributed by atoms with Gasteiger partial charge in [-0.05, 0) is 82.5 Å². The molecule has 0 aliphatic carbocycles. The molecule has 7 atom stereocenters. The van der Waals surface area contributed by atoms with Crippen molar-refractivity contribution >= 4 is 23.9 Å². The summed E-state index contributed by atoms with van der Waals surface area (Å²) in [6, 6.07) is 6.32. The molecule has 0 amide bonds. The molecule has 16 heteroatoms. The summed E-state index contributed by atoms with van der Waals surface area (Å²) < 4.78 is 41.2. The minimum atomic E-state index is -1.41. The van der Waals surface area contributed by atoms with Crippen LogP contribution in [0.3, 0.4) is 0 Å². The van der Waals surface area contributed by atoms with Crippen molar-refractivity contribution in [3.05, 3.63) is 62.7 Å². The number of thioether (sulfide) groups is 1. The number of nitrogens with zero attached hydrogens (tertiary/aromatic N) is 3. The minimum absolute atomic E-state index is 0.0153. The van der Waals surface area contributed by atoms with E-state index in [9.17, 15) is 25.1 Å². The van der Waals surface area contributed by atoms with Gasteiger partial charge in [-0.3, -0.25) is 15.1 Å². The van der Waals surface area contributed by atoms with Crippen molar-refractivity contribution in [3.8, 4) is 46.3 Å². The van der Waals surface area contributed by atoms with Gasteiger partial charge in [0, 0.05) is 53.6 Å². The van der Waals surface area contributed by atoms with Crippen LogP contribution in [0.4, 0.5) is 4.79 Å². The van der Waals surface area contributed by atoms with Crippen LogP contribution in [0, 0.1) is 25.2 Å². The number of rotatable bonds is 3.